The number of nitrogens with two attached hydrogens (primary N) is 1. The molecule has 3 aromatic carbocycles. The molecule has 0 radical (unpaired) electrons. The summed E-state index contributed by atoms with van der Waals surface area (Å²) in [6.45, 7) is 1.92. The second-order valence-corrected chi connectivity index (χ2v) is 8.03. The van der Waals surface area contributed by atoms with E-state index in [-0.39, 0.29) is 22.8 Å². The molecule has 3 N–H and O–H groups in total. The van der Waals surface area contributed by atoms with Crippen LogP contribution in [0.2, 0.25) is 0 Å². The van der Waals surface area contributed by atoms with E-state index in [0.717, 1.165) is 17.3 Å². The van der Waals surface area contributed by atoms with Crippen LogP contribution in [0.25, 0.3) is 16.6 Å². The SMILES string of the molecule is Cc1ccccc1-n1c(SCC(=O)Nc2ccccc2C(N)=O)nc2ccccc2c1=O. The van der Waals surface area contributed by atoms with Gasteiger partial charge in [-0.2, -0.15) is 0 Å². The molecule has 0 fully saturated rings. The molecule has 32 heavy (non-hydrogen) atoms. The highest BCUT2D eigenvalue weighted by atomic mass is 32.2. The molecule has 8 heteroatoms. The first-order valence-corrected chi connectivity index (χ1v) is 10.8. The number of primary amides is 1. The number of carbonyl (C=O) groups is 2. The first-order chi connectivity index (χ1) is 15.5. The molecule has 0 saturated heterocycles. The molecular weight excluding hydrogens is 424 g/mol. The average molecular weight is 445 g/mol. The summed E-state index contributed by atoms with van der Waals surface area (Å²) in [6.07, 6.45) is 0. The molecule has 0 spiro atoms. The molecule has 4 rings (SSSR count). The van der Waals surface area contributed by atoms with Crippen LogP contribution in [-0.2, 0) is 4.79 Å². The summed E-state index contributed by atoms with van der Waals surface area (Å²) < 4.78 is 1.53. The Morgan fingerprint density at radius 2 is 1.69 bits per heavy atom. The smallest absolute Gasteiger partial charge is 0.266 e. The van der Waals surface area contributed by atoms with Crippen molar-refractivity contribution in [1.29, 1.82) is 0 Å². The van der Waals surface area contributed by atoms with Gasteiger partial charge >= 0.3 is 0 Å². The number of aromatic nitrogens is 2. The van der Waals surface area contributed by atoms with Crippen LogP contribution in [0.4, 0.5) is 5.69 Å². The van der Waals surface area contributed by atoms with Crippen LogP contribution in [0.3, 0.4) is 0 Å². The molecule has 0 aliphatic heterocycles. The molecule has 1 heterocycles. The number of hydrogen-bond donors (Lipinski definition) is 2. The van der Waals surface area contributed by atoms with Gasteiger partial charge in [0.1, 0.15) is 0 Å². The maximum Gasteiger partial charge on any atom is 0.266 e. The Balaban J connectivity index is 1.68. The van der Waals surface area contributed by atoms with E-state index in [9.17, 15) is 14.4 Å². The number of nitrogens with one attached hydrogen (secondary N) is 1. The summed E-state index contributed by atoms with van der Waals surface area (Å²) in [4.78, 5) is 42.2. The quantitative estimate of drug-likeness (QED) is 0.350. The fourth-order valence-electron chi connectivity index (χ4n) is 3.36. The number of amides is 2. The Bertz CT molecular complexity index is 1400. The monoisotopic (exact) mass is 444 g/mol. The minimum absolute atomic E-state index is 0.0102. The fourth-order valence-corrected chi connectivity index (χ4v) is 4.16. The van der Waals surface area contributed by atoms with Crippen molar-refractivity contribution in [2.24, 2.45) is 5.73 Å². The number of thioether (sulfide) groups is 1. The molecule has 1 aromatic heterocycles. The van der Waals surface area contributed by atoms with Crippen LogP contribution in [0.15, 0.2) is 82.7 Å². The zero-order valence-electron chi connectivity index (χ0n) is 17.2. The van der Waals surface area contributed by atoms with Gasteiger partial charge in [0, 0.05) is 0 Å². The van der Waals surface area contributed by atoms with Crippen LogP contribution in [0.1, 0.15) is 15.9 Å². The first kappa shape index (κ1) is 21.3. The fraction of sp³-hybridized carbons (Fsp3) is 0.0833. The number of fused-ring (bicyclic) bond motifs is 1. The highest BCUT2D eigenvalue weighted by Gasteiger charge is 2.17. The lowest BCUT2D eigenvalue weighted by Crippen LogP contribution is -2.24. The highest BCUT2D eigenvalue weighted by molar-refractivity contribution is 7.99. The van der Waals surface area contributed by atoms with E-state index in [1.807, 2.05) is 37.3 Å². The maximum atomic E-state index is 13.3. The van der Waals surface area contributed by atoms with Gasteiger partial charge in [-0.15, -0.1) is 0 Å². The summed E-state index contributed by atoms with van der Waals surface area (Å²) in [7, 11) is 0. The molecule has 0 unspecified atom stereocenters. The minimum Gasteiger partial charge on any atom is -0.366 e. The van der Waals surface area contributed by atoms with Crippen molar-refractivity contribution in [1.82, 2.24) is 9.55 Å². The highest BCUT2D eigenvalue weighted by Crippen LogP contribution is 2.23. The topological polar surface area (TPSA) is 107 Å². The van der Waals surface area contributed by atoms with Gasteiger partial charge in [-0.1, -0.05) is 54.2 Å². The van der Waals surface area contributed by atoms with Gasteiger partial charge in [0.25, 0.3) is 11.5 Å². The first-order valence-electron chi connectivity index (χ1n) is 9.85. The van der Waals surface area contributed by atoms with E-state index < -0.39 is 5.91 Å². The number of rotatable bonds is 6. The summed E-state index contributed by atoms with van der Waals surface area (Å²) >= 11 is 1.14. The third-order valence-corrected chi connectivity index (χ3v) is 5.84. The number of hydrogen-bond acceptors (Lipinski definition) is 5. The van der Waals surface area contributed by atoms with E-state index in [0.29, 0.717) is 27.4 Å². The van der Waals surface area contributed by atoms with Crippen LogP contribution in [0.5, 0.6) is 0 Å². The van der Waals surface area contributed by atoms with Crippen molar-refractivity contribution >= 4 is 40.2 Å². The van der Waals surface area contributed by atoms with Gasteiger partial charge < -0.3 is 11.1 Å². The molecular formula is C24H20N4O3S. The normalized spacial score (nSPS) is 10.8. The second-order valence-electron chi connectivity index (χ2n) is 7.09. The van der Waals surface area contributed by atoms with Gasteiger partial charge in [0.05, 0.1) is 33.6 Å². The van der Waals surface area contributed by atoms with Gasteiger partial charge in [-0.05, 0) is 42.8 Å². The lowest BCUT2D eigenvalue weighted by molar-refractivity contribution is -0.113. The predicted octanol–water partition coefficient (Wildman–Crippen LogP) is 3.52. The van der Waals surface area contributed by atoms with Crippen LogP contribution >= 0.6 is 11.8 Å². The van der Waals surface area contributed by atoms with Crippen molar-refractivity contribution in [3.05, 3.63) is 94.3 Å². The number of para-hydroxylation sites is 3. The predicted molar refractivity (Wildman–Crippen MR) is 126 cm³/mol. The van der Waals surface area contributed by atoms with Crippen LogP contribution in [-0.4, -0.2) is 27.1 Å². The Morgan fingerprint density at radius 1 is 1.00 bits per heavy atom. The number of nitrogens with zero attached hydrogens (tertiary/aromatic N) is 2. The molecule has 2 amide bonds. The Kier molecular flexibility index (Phi) is 6.04. The third kappa shape index (κ3) is 4.26. The Hall–Kier alpha value is -3.91. The van der Waals surface area contributed by atoms with E-state index in [4.69, 9.17) is 5.73 Å². The van der Waals surface area contributed by atoms with Gasteiger partial charge in [-0.3, -0.25) is 19.0 Å². The van der Waals surface area contributed by atoms with Crippen molar-refractivity contribution in [2.45, 2.75) is 12.1 Å². The maximum absolute atomic E-state index is 13.3. The largest absolute Gasteiger partial charge is 0.366 e. The molecule has 0 saturated carbocycles. The molecule has 160 valence electrons. The second kappa shape index (κ2) is 9.07. The van der Waals surface area contributed by atoms with Crippen molar-refractivity contribution in [3.63, 3.8) is 0 Å². The number of aryl methyl sites for hydroxylation is 1. The standard InChI is InChI=1S/C24H20N4O3S/c1-15-8-2-7-13-20(15)28-23(31)17-10-4-6-12-19(17)27-24(28)32-14-21(29)26-18-11-5-3-9-16(18)22(25)30/h2-13H,14H2,1H3,(H2,25,30)(H,26,29). The molecule has 0 aliphatic rings. The van der Waals surface area contributed by atoms with Crippen molar-refractivity contribution in [3.8, 4) is 5.69 Å². The van der Waals surface area contributed by atoms with Crippen LogP contribution < -0.4 is 16.6 Å². The molecule has 0 atom stereocenters. The average Bonchev–Trinajstić information content (AvgIpc) is 2.79. The van der Waals surface area contributed by atoms with E-state index in [1.54, 1.807) is 42.5 Å². The lowest BCUT2D eigenvalue weighted by atomic mass is 10.1. The van der Waals surface area contributed by atoms with Gasteiger partial charge in [-0.25, -0.2) is 4.98 Å². The molecule has 0 bridgehead atoms. The van der Waals surface area contributed by atoms with E-state index in [1.165, 1.54) is 4.57 Å². The number of benzene rings is 3. The van der Waals surface area contributed by atoms with E-state index >= 15 is 0 Å². The number of anilines is 1. The minimum atomic E-state index is -0.627. The summed E-state index contributed by atoms with van der Waals surface area (Å²) in [6, 6.07) is 21.2. The zero-order chi connectivity index (χ0) is 22.7. The molecule has 0 aliphatic carbocycles. The molecule has 7 nitrogen and oxygen atoms in total. The summed E-state index contributed by atoms with van der Waals surface area (Å²) in [5, 5.41) is 3.61. The van der Waals surface area contributed by atoms with Gasteiger partial charge in [0.2, 0.25) is 5.91 Å². The third-order valence-electron chi connectivity index (χ3n) is 4.90. The lowest BCUT2D eigenvalue weighted by Gasteiger charge is -2.15. The zero-order valence-corrected chi connectivity index (χ0v) is 18.1. The summed E-state index contributed by atoms with van der Waals surface area (Å²) in [5.41, 5.74) is 7.92. The van der Waals surface area contributed by atoms with E-state index in [2.05, 4.69) is 10.3 Å². The van der Waals surface area contributed by atoms with Crippen molar-refractivity contribution < 1.29 is 9.59 Å². The number of carbonyl (C=O) groups excluding carboxylic acids is 2. The van der Waals surface area contributed by atoms with Gasteiger partial charge in [0.15, 0.2) is 5.16 Å². The van der Waals surface area contributed by atoms with Crippen LogP contribution in [0, 0.1) is 6.92 Å². The Labute approximate surface area is 188 Å². The summed E-state index contributed by atoms with van der Waals surface area (Å²) in [5.74, 6) is -0.982. The van der Waals surface area contributed by atoms with Crippen molar-refractivity contribution in [2.75, 3.05) is 11.1 Å². The molecule has 4 aromatic rings. The Morgan fingerprint density at radius 3 is 2.47 bits per heavy atom.